The van der Waals surface area contributed by atoms with Crippen LogP contribution in [0.2, 0.25) is 0 Å². The molecule has 4 aromatic rings. The first-order valence-electron chi connectivity index (χ1n) is 11.3. The monoisotopic (exact) mass is 478 g/mol. The lowest BCUT2D eigenvalue weighted by Crippen LogP contribution is -2.08. The molecule has 0 saturated heterocycles. The summed E-state index contributed by atoms with van der Waals surface area (Å²) in [7, 11) is 0. The number of nitrogens with zero attached hydrogens (tertiary/aromatic N) is 1. The predicted octanol–water partition coefficient (Wildman–Crippen LogP) is 6.73. The van der Waals surface area contributed by atoms with Crippen molar-refractivity contribution in [2.75, 3.05) is 0 Å². The summed E-state index contributed by atoms with van der Waals surface area (Å²) in [6, 6.07) is 34.9. The first-order valence-corrected chi connectivity index (χ1v) is 11.3. The van der Waals surface area contributed by atoms with Crippen LogP contribution in [-0.4, -0.2) is 28.5 Å². The van der Waals surface area contributed by atoms with Gasteiger partial charge in [0.15, 0.2) is 0 Å². The van der Waals surface area contributed by atoms with Crippen LogP contribution in [0.3, 0.4) is 0 Å². The fraction of sp³-hybridized carbons (Fsp3) is 0.0667. The van der Waals surface area contributed by atoms with Gasteiger partial charge in [-0.2, -0.15) is 0 Å². The van der Waals surface area contributed by atoms with Crippen LogP contribution in [0, 0.1) is 5.41 Å². The molecule has 0 aliphatic rings. The van der Waals surface area contributed by atoms with E-state index in [0.29, 0.717) is 29.0 Å². The van der Waals surface area contributed by atoms with Crippen molar-refractivity contribution in [3.63, 3.8) is 0 Å². The van der Waals surface area contributed by atoms with Crippen LogP contribution in [0.5, 0.6) is 0 Å². The highest BCUT2D eigenvalue weighted by Gasteiger charge is 2.08. The molecule has 0 aliphatic heterocycles. The Morgan fingerprint density at radius 2 is 1.17 bits per heavy atom. The molecule has 4 aromatic carbocycles. The molecule has 0 amide bonds. The largest absolute Gasteiger partial charge is 0.478 e. The van der Waals surface area contributed by atoms with Crippen LogP contribution >= 0.6 is 0 Å². The number of hydrogen-bond acceptors (Lipinski definition) is 5. The fourth-order valence-electron chi connectivity index (χ4n) is 3.21. The Labute approximate surface area is 210 Å². The Morgan fingerprint density at radius 1 is 0.694 bits per heavy atom. The lowest BCUT2D eigenvalue weighted by molar-refractivity contribution is 0.0515. The molecule has 0 heterocycles. The van der Waals surface area contributed by atoms with Crippen molar-refractivity contribution in [3.8, 4) is 11.1 Å². The lowest BCUT2D eigenvalue weighted by atomic mass is 10.0. The van der Waals surface area contributed by atoms with Gasteiger partial charge in [-0.1, -0.05) is 96.2 Å². The summed E-state index contributed by atoms with van der Waals surface area (Å²) in [5, 5.41) is 20.5. The Morgan fingerprint density at radius 3 is 1.67 bits per heavy atom. The third-order valence-electron chi connectivity index (χ3n) is 5.09. The van der Waals surface area contributed by atoms with Crippen molar-refractivity contribution >= 4 is 23.4 Å². The second-order valence-corrected chi connectivity index (χ2v) is 7.84. The van der Waals surface area contributed by atoms with Gasteiger partial charge < -0.3 is 15.4 Å². The number of carbonyl (C=O) groups excluding carboxylic acids is 1. The zero-order valence-electron chi connectivity index (χ0n) is 19.8. The van der Waals surface area contributed by atoms with E-state index in [4.69, 9.17) is 15.4 Å². The van der Waals surface area contributed by atoms with Gasteiger partial charge in [-0.25, -0.2) is 9.59 Å². The fourth-order valence-corrected chi connectivity index (χ4v) is 3.21. The summed E-state index contributed by atoms with van der Waals surface area (Å²) in [4.78, 5) is 27.1. The van der Waals surface area contributed by atoms with Crippen LogP contribution in [-0.2, 0) is 4.84 Å². The zero-order chi connectivity index (χ0) is 25.8. The van der Waals surface area contributed by atoms with E-state index >= 15 is 0 Å². The molecular formula is C30H26N2O4. The zero-order valence-corrected chi connectivity index (χ0v) is 19.8. The smallest absolute Gasteiger partial charge is 0.365 e. The second kappa shape index (κ2) is 13.2. The molecular weight excluding hydrogens is 452 g/mol. The number of rotatable bonds is 7. The lowest BCUT2D eigenvalue weighted by Gasteiger charge is -2.06. The number of oxime groups is 1. The SMILES string of the molecule is C/C(CC(=N)c1ccc(-c2ccccc2)cc1)=N\OC(=O)c1ccccc1.O=C(O)c1ccccc1. The summed E-state index contributed by atoms with van der Waals surface area (Å²) < 4.78 is 0. The Kier molecular flexibility index (Phi) is 9.42. The average molecular weight is 479 g/mol. The third kappa shape index (κ3) is 7.88. The molecule has 0 atom stereocenters. The molecule has 0 radical (unpaired) electrons. The molecule has 0 spiro atoms. The third-order valence-corrected chi connectivity index (χ3v) is 5.09. The summed E-state index contributed by atoms with van der Waals surface area (Å²) in [5.41, 5.74) is 4.83. The summed E-state index contributed by atoms with van der Waals surface area (Å²) >= 11 is 0. The van der Waals surface area contributed by atoms with Crippen molar-refractivity contribution in [2.45, 2.75) is 13.3 Å². The highest BCUT2D eigenvalue weighted by atomic mass is 16.7. The molecule has 6 heteroatoms. The standard InChI is InChI=1S/C23H20N2O2.C7H6O2/c1-17(25-27-23(26)21-10-6-3-7-11-21)16-22(24)20-14-12-19(13-15-20)18-8-4-2-5-9-18;8-7(9)6-4-2-1-3-5-6/h2-15,24H,16H2,1H3;1-5H,(H,8,9)/b24-22?,25-17+;. The second-order valence-electron chi connectivity index (χ2n) is 7.84. The molecule has 0 aliphatic carbocycles. The van der Waals surface area contributed by atoms with Crippen molar-refractivity contribution in [3.05, 3.63) is 132 Å². The number of hydrogen-bond donors (Lipinski definition) is 2. The molecule has 0 saturated carbocycles. The Hall–Kier alpha value is -4.84. The van der Waals surface area contributed by atoms with Gasteiger partial charge in [0.25, 0.3) is 0 Å². The van der Waals surface area contributed by atoms with Gasteiger partial charge >= 0.3 is 11.9 Å². The van der Waals surface area contributed by atoms with Gasteiger partial charge in [-0.05, 0) is 47.9 Å². The molecule has 0 fully saturated rings. The Balaban J connectivity index is 0.000000338. The molecule has 2 N–H and O–H groups in total. The van der Waals surface area contributed by atoms with Crippen molar-refractivity contribution in [2.24, 2.45) is 5.16 Å². The van der Waals surface area contributed by atoms with Gasteiger partial charge in [0.05, 0.1) is 16.8 Å². The maximum absolute atomic E-state index is 11.9. The highest BCUT2D eigenvalue weighted by Crippen LogP contribution is 2.19. The van der Waals surface area contributed by atoms with E-state index in [1.165, 1.54) is 0 Å². The van der Waals surface area contributed by atoms with Crippen molar-refractivity contribution in [1.82, 2.24) is 0 Å². The normalized spacial score (nSPS) is 10.5. The molecule has 0 bridgehead atoms. The number of nitrogens with one attached hydrogen (secondary N) is 1. The van der Waals surface area contributed by atoms with Gasteiger partial charge in [-0.3, -0.25) is 0 Å². The predicted molar refractivity (Wildman–Crippen MR) is 142 cm³/mol. The average Bonchev–Trinajstić information content (AvgIpc) is 2.93. The van der Waals surface area contributed by atoms with Gasteiger partial charge in [0.2, 0.25) is 0 Å². The summed E-state index contributed by atoms with van der Waals surface area (Å²) in [5.74, 6) is -1.38. The highest BCUT2D eigenvalue weighted by molar-refractivity contribution is 6.10. The number of benzene rings is 4. The van der Waals surface area contributed by atoms with Gasteiger partial charge in [0, 0.05) is 12.1 Å². The van der Waals surface area contributed by atoms with Crippen LogP contribution < -0.4 is 0 Å². The molecule has 6 nitrogen and oxygen atoms in total. The minimum absolute atomic E-state index is 0.312. The van der Waals surface area contributed by atoms with E-state index in [9.17, 15) is 9.59 Å². The molecule has 180 valence electrons. The van der Waals surface area contributed by atoms with Crippen molar-refractivity contribution < 1.29 is 19.5 Å². The summed E-state index contributed by atoms with van der Waals surface area (Å²) in [6.45, 7) is 1.74. The molecule has 36 heavy (non-hydrogen) atoms. The first-order chi connectivity index (χ1) is 17.4. The number of carboxylic acids is 1. The van der Waals surface area contributed by atoms with E-state index in [1.54, 1.807) is 61.5 Å². The van der Waals surface area contributed by atoms with Gasteiger partial charge in [0.1, 0.15) is 0 Å². The molecule has 4 rings (SSSR count). The summed E-state index contributed by atoms with van der Waals surface area (Å²) in [6.07, 6.45) is 0.312. The Bertz CT molecular complexity index is 1320. The van der Waals surface area contributed by atoms with Crippen LogP contribution in [0.15, 0.2) is 120 Å². The van der Waals surface area contributed by atoms with Crippen LogP contribution in [0.4, 0.5) is 0 Å². The van der Waals surface area contributed by atoms with E-state index in [1.807, 2.05) is 48.5 Å². The minimum atomic E-state index is -0.879. The van der Waals surface area contributed by atoms with Crippen molar-refractivity contribution in [1.29, 1.82) is 5.41 Å². The van der Waals surface area contributed by atoms with E-state index < -0.39 is 11.9 Å². The quantitative estimate of drug-likeness (QED) is 0.175. The number of aromatic carboxylic acids is 1. The molecule has 0 aromatic heterocycles. The first kappa shape index (κ1) is 25.8. The maximum Gasteiger partial charge on any atom is 0.365 e. The topological polar surface area (TPSA) is 99.8 Å². The van der Waals surface area contributed by atoms with Gasteiger partial charge in [-0.15, -0.1) is 0 Å². The van der Waals surface area contributed by atoms with E-state index in [-0.39, 0.29) is 0 Å². The number of carbonyl (C=O) groups is 2. The number of carboxylic acid groups (broad SMARTS) is 1. The van der Waals surface area contributed by atoms with E-state index in [2.05, 4.69) is 17.3 Å². The van der Waals surface area contributed by atoms with E-state index in [0.717, 1.165) is 16.7 Å². The maximum atomic E-state index is 11.9. The van der Waals surface area contributed by atoms with Crippen LogP contribution in [0.1, 0.15) is 39.6 Å². The minimum Gasteiger partial charge on any atom is -0.478 e. The van der Waals surface area contributed by atoms with Crippen LogP contribution in [0.25, 0.3) is 11.1 Å². The molecule has 0 unspecified atom stereocenters.